The molecule has 0 spiro atoms. The molecule has 2 rings (SSSR count). The quantitative estimate of drug-likeness (QED) is 0.574. The monoisotopic (exact) mass is 352 g/mol. The van der Waals surface area contributed by atoms with Crippen LogP contribution in [0.4, 0.5) is 5.69 Å². The lowest BCUT2D eigenvalue weighted by Gasteiger charge is -2.28. The second-order valence-corrected chi connectivity index (χ2v) is 7.07. The lowest BCUT2D eigenvalue weighted by molar-refractivity contribution is 0.360. The summed E-state index contributed by atoms with van der Waals surface area (Å²) in [6.45, 7) is 6.09. The molecule has 0 aromatic heterocycles. The van der Waals surface area contributed by atoms with E-state index in [-0.39, 0.29) is 0 Å². The molecule has 0 radical (unpaired) electrons. The molecule has 0 amide bonds. The van der Waals surface area contributed by atoms with Gasteiger partial charge in [-0.05, 0) is 43.7 Å². The van der Waals surface area contributed by atoms with Crippen LogP contribution in [0, 0.1) is 0 Å². The van der Waals surface area contributed by atoms with E-state index < -0.39 is 10.3 Å². The fraction of sp³-hybridized carbons (Fsp3) is 0.412. The zero-order chi connectivity index (χ0) is 17.6. The molecular formula is C17H24N2O4S. The van der Waals surface area contributed by atoms with Gasteiger partial charge < -0.3 is 4.74 Å². The van der Waals surface area contributed by atoms with E-state index in [0.717, 1.165) is 29.4 Å². The first-order chi connectivity index (χ1) is 11.4. The topological polar surface area (TPSA) is 70.1 Å². The van der Waals surface area contributed by atoms with E-state index in [2.05, 4.69) is 11.5 Å². The normalized spacial score (nSPS) is 14.9. The van der Waals surface area contributed by atoms with Crippen molar-refractivity contribution in [2.45, 2.75) is 12.8 Å². The van der Waals surface area contributed by atoms with Crippen molar-refractivity contribution >= 4 is 16.0 Å². The molecule has 0 unspecified atom stereocenters. The van der Waals surface area contributed by atoms with Gasteiger partial charge in [0.05, 0.1) is 5.69 Å². The Balaban J connectivity index is 1.94. The molecular weight excluding hydrogens is 328 g/mol. The molecule has 1 N–H and O–H groups in total. The average molecular weight is 352 g/mol. The molecule has 0 fully saturated rings. The second kappa shape index (κ2) is 8.32. The lowest BCUT2D eigenvalue weighted by Crippen LogP contribution is -2.34. The fourth-order valence-electron chi connectivity index (χ4n) is 2.63. The summed E-state index contributed by atoms with van der Waals surface area (Å²) in [6, 6.07) is 5.24. The Morgan fingerprint density at radius 3 is 2.88 bits per heavy atom. The van der Waals surface area contributed by atoms with Crippen LogP contribution in [0.15, 0.2) is 43.0 Å². The van der Waals surface area contributed by atoms with Crippen LogP contribution in [0.2, 0.25) is 0 Å². The van der Waals surface area contributed by atoms with Crippen LogP contribution in [0.25, 0.3) is 0 Å². The molecule has 1 aliphatic rings. The Kier molecular flexibility index (Phi) is 6.42. The Morgan fingerprint density at radius 1 is 1.38 bits per heavy atom. The van der Waals surface area contributed by atoms with Crippen LogP contribution < -0.4 is 9.04 Å². The van der Waals surface area contributed by atoms with E-state index in [1.165, 1.54) is 0 Å². The van der Waals surface area contributed by atoms with Crippen LogP contribution in [0.1, 0.15) is 12.0 Å². The van der Waals surface area contributed by atoms with Crippen molar-refractivity contribution < 1.29 is 17.7 Å². The molecule has 1 aromatic carbocycles. The van der Waals surface area contributed by atoms with Gasteiger partial charge in [-0.2, -0.15) is 8.42 Å². The third kappa shape index (κ3) is 5.09. The van der Waals surface area contributed by atoms with Crippen molar-refractivity contribution in [3.8, 4) is 5.75 Å². The molecule has 1 aromatic rings. The van der Waals surface area contributed by atoms with Crippen molar-refractivity contribution in [2.75, 3.05) is 37.6 Å². The van der Waals surface area contributed by atoms with E-state index in [9.17, 15) is 13.0 Å². The number of hydrogen-bond donors (Lipinski definition) is 1. The number of nitrogens with zero attached hydrogens (tertiary/aromatic N) is 2. The van der Waals surface area contributed by atoms with Gasteiger partial charge in [0.15, 0.2) is 0 Å². The van der Waals surface area contributed by atoms with Gasteiger partial charge in [0, 0.05) is 19.6 Å². The summed E-state index contributed by atoms with van der Waals surface area (Å²) >= 11 is 0. The number of ether oxygens (including phenoxy) is 1. The van der Waals surface area contributed by atoms with E-state index in [1.807, 2.05) is 31.3 Å². The summed E-state index contributed by atoms with van der Waals surface area (Å²) in [5.41, 5.74) is 1.39. The van der Waals surface area contributed by atoms with Gasteiger partial charge in [-0.15, -0.1) is 6.58 Å². The first-order valence-corrected chi connectivity index (χ1v) is 9.27. The molecule has 7 heteroatoms. The fourth-order valence-corrected chi connectivity index (χ4v) is 3.42. The standard InChI is InChI=1S/C17H24N2O4S/c1-3-10-18(2)11-4-5-13-23-16-8-9-17-15(14-16)7-6-12-19(17)24(20,21)22/h3-5,8-9,14H,1,6-7,10-13H2,2H3,(H,20,21,22)/b5-4+. The predicted molar refractivity (Wildman–Crippen MR) is 96.0 cm³/mol. The highest BCUT2D eigenvalue weighted by molar-refractivity contribution is 7.87. The Bertz CT molecular complexity index is 701. The van der Waals surface area contributed by atoms with Crippen molar-refractivity contribution in [1.29, 1.82) is 0 Å². The van der Waals surface area contributed by atoms with Crippen molar-refractivity contribution in [3.63, 3.8) is 0 Å². The molecule has 6 nitrogen and oxygen atoms in total. The van der Waals surface area contributed by atoms with Crippen molar-refractivity contribution in [2.24, 2.45) is 0 Å². The molecule has 0 atom stereocenters. The molecule has 0 bridgehead atoms. The SMILES string of the molecule is C=CCN(C)C/C=C/COc1ccc2c(c1)CCCN2S(=O)(=O)O. The molecule has 24 heavy (non-hydrogen) atoms. The molecule has 132 valence electrons. The number of fused-ring (bicyclic) bond motifs is 1. The predicted octanol–water partition coefficient (Wildman–Crippen LogP) is 2.29. The summed E-state index contributed by atoms with van der Waals surface area (Å²) in [5.74, 6) is 0.690. The first kappa shape index (κ1) is 18.5. The molecule has 0 aliphatic carbocycles. The smallest absolute Gasteiger partial charge is 0.359 e. The van der Waals surface area contributed by atoms with Gasteiger partial charge in [0.25, 0.3) is 0 Å². The number of hydrogen-bond acceptors (Lipinski definition) is 4. The number of benzene rings is 1. The third-order valence-corrected chi connectivity index (χ3v) is 4.71. The largest absolute Gasteiger partial charge is 0.490 e. The zero-order valence-electron chi connectivity index (χ0n) is 13.9. The first-order valence-electron chi connectivity index (χ1n) is 7.87. The van der Waals surface area contributed by atoms with Gasteiger partial charge in [0.2, 0.25) is 0 Å². The Morgan fingerprint density at radius 2 is 2.17 bits per heavy atom. The highest BCUT2D eigenvalue weighted by Gasteiger charge is 2.25. The molecule has 1 aliphatic heterocycles. The Hall–Kier alpha value is -1.83. The number of likely N-dealkylation sites (N-methyl/N-ethyl adjacent to an activating group) is 1. The van der Waals surface area contributed by atoms with Crippen LogP contribution in [0.5, 0.6) is 5.75 Å². The third-order valence-electron chi connectivity index (χ3n) is 3.78. The summed E-state index contributed by atoms with van der Waals surface area (Å²) in [6.07, 6.45) is 7.27. The highest BCUT2D eigenvalue weighted by Crippen LogP contribution is 2.31. The van der Waals surface area contributed by atoms with Crippen LogP contribution in [-0.4, -0.2) is 51.2 Å². The maximum atomic E-state index is 11.4. The summed E-state index contributed by atoms with van der Waals surface area (Å²) < 4.78 is 38.8. The van der Waals surface area contributed by atoms with Gasteiger partial charge in [-0.1, -0.05) is 18.2 Å². The summed E-state index contributed by atoms with van der Waals surface area (Å²) in [5, 5.41) is 0. The van der Waals surface area contributed by atoms with E-state index >= 15 is 0 Å². The highest BCUT2D eigenvalue weighted by atomic mass is 32.2. The van der Waals surface area contributed by atoms with Crippen LogP contribution in [0.3, 0.4) is 0 Å². The minimum absolute atomic E-state index is 0.299. The van der Waals surface area contributed by atoms with Gasteiger partial charge in [-0.25, -0.2) is 4.31 Å². The minimum Gasteiger partial charge on any atom is -0.490 e. The number of aryl methyl sites for hydroxylation is 1. The van der Waals surface area contributed by atoms with Crippen molar-refractivity contribution in [3.05, 3.63) is 48.6 Å². The van der Waals surface area contributed by atoms with Gasteiger partial charge in [-0.3, -0.25) is 9.45 Å². The summed E-state index contributed by atoms with van der Waals surface area (Å²) in [4.78, 5) is 2.12. The average Bonchev–Trinajstić information content (AvgIpc) is 2.53. The molecule has 0 saturated carbocycles. The second-order valence-electron chi connectivity index (χ2n) is 5.74. The van der Waals surface area contributed by atoms with E-state index in [4.69, 9.17) is 4.74 Å². The lowest BCUT2D eigenvalue weighted by atomic mass is 10.0. The van der Waals surface area contributed by atoms with Crippen LogP contribution in [-0.2, 0) is 16.7 Å². The zero-order valence-corrected chi connectivity index (χ0v) is 14.7. The summed E-state index contributed by atoms with van der Waals surface area (Å²) in [7, 11) is -2.21. The van der Waals surface area contributed by atoms with Gasteiger partial charge >= 0.3 is 10.3 Å². The maximum Gasteiger partial charge on any atom is 0.359 e. The van der Waals surface area contributed by atoms with E-state index in [0.29, 0.717) is 31.0 Å². The van der Waals surface area contributed by atoms with Gasteiger partial charge in [0.1, 0.15) is 12.4 Å². The number of rotatable bonds is 8. The number of anilines is 1. The van der Waals surface area contributed by atoms with Crippen LogP contribution >= 0.6 is 0 Å². The molecule has 0 saturated heterocycles. The Labute approximate surface area is 143 Å². The molecule has 1 heterocycles. The minimum atomic E-state index is -4.22. The van der Waals surface area contributed by atoms with E-state index in [1.54, 1.807) is 12.1 Å². The maximum absolute atomic E-state index is 11.4. The van der Waals surface area contributed by atoms with Crippen molar-refractivity contribution in [1.82, 2.24) is 4.90 Å².